The highest BCUT2D eigenvalue weighted by Crippen LogP contribution is 2.23. The van der Waals surface area contributed by atoms with E-state index in [0.29, 0.717) is 25.0 Å². The predicted octanol–water partition coefficient (Wildman–Crippen LogP) is 4.44. The van der Waals surface area contributed by atoms with Gasteiger partial charge in [-0.1, -0.05) is 34.9 Å². The van der Waals surface area contributed by atoms with Crippen LogP contribution in [0.1, 0.15) is 43.7 Å². The van der Waals surface area contributed by atoms with Crippen molar-refractivity contribution in [2.75, 3.05) is 13.7 Å². The molecule has 2 rings (SSSR count). The molecule has 0 radical (unpaired) electrons. The summed E-state index contributed by atoms with van der Waals surface area (Å²) < 4.78 is 11.7. The Balaban J connectivity index is 0.00000338. The van der Waals surface area contributed by atoms with E-state index in [1.165, 1.54) is 0 Å². The van der Waals surface area contributed by atoms with Gasteiger partial charge in [-0.2, -0.15) is 0 Å². The van der Waals surface area contributed by atoms with E-state index < -0.39 is 0 Å². The van der Waals surface area contributed by atoms with Crippen LogP contribution in [0.15, 0.2) is 38.3 Å². The van der Waals surface area contributed by atoms with E-state index in [-0.39, 0.29) is 24.0 Å². The van der Waals surface area contributed by atoms with Gasteiger partial charge in [0, 0.05) is 22.6 Å². The second kappa shape index (κ2) is 11.4. The zero-order valence-corrected chi connectivity index (χ0v) is 19.4. The Hall–Kier alpha value is -1.29. The number of aliphatic imine (C=N–C) groups is 1. The number of aromatic nitrogens is 1. The van der Waals surface area contributed by atoms with Crippen LogP contribution in [0.5, 0.6) is 5.75 Å². The number of ether oxygens (including phenoxy) is 1. The first-order valence-electron chi connectivity index (χ1n) is 8.33. The van der Waals surface area contributed by atoms with E-state index in [9.17, 15) is 0 Å². The molecule has 0 aliphatic carbocycles. The molecule has 0 aliphatic heterocycles. The summed E-state index contributed by atoms with van der Waals surface area (Å²) in [4.78, 5) is 4.62. The molecule has 2 aromatic rings. The number of hydrogen-bond donors (Lipinski definition) is 2. The Morgan fingerprint density at radius 2 is 2.08 bits per heavy atom. The van der Waals surface area contributed by atoms with E-state index in [1.54, 1.807) is 7.11 Å². The fraction of sp³-hybridized carbons (Fsp3) is 0.444. The highest BCUT2D eigenvalue weighted by atomic mass is 127. The van der Waals surface area contributed by atoms with Gasteiger partial charge in [0.25, 0.3) is 0 Å². The van der Waals surface area contributed by atoms with Crippen LogP contribution in [0, 0.1) is 0 Å². The third kappa shape index (κ3) is 6.79. The standard InChI is InChI=1S/C18H25BrN4O2.HI/c1-5-20-18(22-11-15-9-16(12(2)3)23-25-15)21-10-13-8-14(19)6-7-17(13)24-4;/h6-9,12H,5,10-11H2,1-4H3,(H2,20,21,22);1H. The number of hydrogen-bond acceptors (Lipinski definition) is 4. The maximum absolute atomic E-state index is 5.39. The Labute approximate surface area is 180 Å². The first-order chi connectivity index (χ1) is 12.0. The van der Waals surface area contributed by atoms with Crippen molar-refractivity contribution in [3.63, 3.8) is 0 Å². The first-order valence-corrected chi connectivity index (χ1v) is 9.12. The summed E-state index contributed by atoms with van der Waals surface area (Å²) in [6, 6.07) is 7.86. The largest absolute Gasteiger partial charge is 0.496 e. The van der Waals surface area contributed by atoms with Gasteiger partial charge in [-0.3, -0.25) is 0 Å². The van der Waals surface area contributed by atoms with Gasteiger partial charge < -0.3 is 19.9 Å². The van der Waals surface area contributed by atoms with E-state index in [4.69, 9.17) is 9.26 Å². The van der Waals surface area contributed by atoms with Crippen LogP contribution in [0.2, 0.25) is 0 Å². The number of rotatable bonds is 7. The minimum atomic E-state index is 0. The van der Waals surface area contributed by atoms with E-state index in [1.807, 2.05) is 31.2 Å². The lowest BCUT2D eigenvalue weighted by molar-refractivity contribution is 0.372. The third-order valence-electron chi connectivity index (χ3n) is 3.59. The number of methoxy groups -OCH3 is 1. The van der Waals surface area contributed by atoms with Gasteiger partial charge in [0.15, 0.2) is 11.7 Å². The van der Waals surface area contributed by atoms with Gasteiger partial charge >= 0.3 is 0 Å². The molecular weight excluding hydrogens is 511 g/mol. The summed E-state index contributed by atoms with van der Waals surface area (Å²) in [6.45, 7) is 8.02. The fourth-order valence-electron chi connectivity index (χ4n) is 2.23. The summed E-state index contributed by atoms with van der Waals surface area (Å²) in [5.74, 6) is 2.67. The molecule has 0 bridgehead atoms. The highest BCUT2D eigenvalue weighted by Gasteiger charge is 2.09. The number of nitrogens with one attached hydrogen (secondary N) is 2. The van der Waals surface area contributed by atoms with Crippen LogP contribution in [0.25, 0.3) is 0 Å². The lowest BCUT2D eigenvalue weighted by Gasteiger charge is -2.11. The Morgan fingerprint density at radius 3 is 2.69 bits per heavy atom. The van der Waals surface area contributed by atoms with Gasteiger partial charge in [-0.25, -0.2) is 4.99 Å². The number of nitrogens with zero attached hydrogens (tertiary/aromatic N) is 2. The molecule has 2 N–H and O–H groups in total. The molecule has 144 valence electrons. The second-order valence-electron chi connectivity index (χ2n) is 5.88. The first kappa shape index (κ1) is 22.8. The zero-order valence-electron chi connectivity index (χ0n) is 15.5. The molecule has 0 saturated carbocycles. The van der Waals surface area contributed by atoms with Crippen LogP contribution in [-0.4, -0.2) is 24.8 Å². The average Bonchev–Trinajstić information content (AvgIpc) is 3.07. The SMILES string of the molecule is CCNC(=NCc1cc(Br)ccc1OC)NCc1cc(C(C)C)no1.I. The van der Waals surface area contributed by atoms with Crippen LogP contribution in [0.3, 0.4) is 0 Å². The van der Waals surface area contributed by atoms with Crippen molar-refractivity contribution in [1.82, 2.24) is 15.8 Å². The molecule has 1 aromatic heterocycles. The van der Waals surface area contributed by atoms with Gasteiger partial charge in [0.2, 0.25) is 0 Å². The molecule has 6 nitrogen and oxygen atoms in total. The number of halogens is 2. The van der Waals surface area contributed by atoms with Crippen molar-refractivity contribution < 1.29 is 9.26 Å². The Morgan fingerprint density at radius 1 is 1.31 bits per heavy atom. The summed E-state index contributed by atoms with van der Waals surface area (Å²) in [6.07, 6.45) is 0. The molecule has 8 heteroatoms. The predicted molar refractivity (Wildman–Crippen MR) is 118 cm³/mol. The van der Waals surface area contributed by atoms with Gasteiger partial charge in [-0.05, 0) is 31.0 Å². The van der Waals surface area contributed by atoms with Crippen molar-refractivity contribution in [1.29, 1.82) is 0 Å². The lowest BCUT2D eigenvalue weighted by Crippen LogP contribution is -2.36. The Bertz CT molecular complexity index is 719. The molecule has 26 heavy (non-hydrogen) atoms. The molecule has 0 atom stereocenters. The monoisotopic (exact) mass is 536 g/mol. The van der Waals surface area contributed by atoms with E-state index >= 15 is 0 Å². The highest BCUT2D eigenvalue weighted by molar-refractivity contribution is 14.0. The fourth-order valence-corrected chi connectivity index (χ4v) is 2.64. The van der Waals surface area contributed by atoms with Crippen molar-refractivity contribution in [3.8, 4) is 5.75 Å². The quantitative estimate of drug-likeness (QED) is 0.311. The molecule has 0 unspecified atom stereocenters. The van der Waals surface area contributed by atoms with Crippen LogP contribution in [-0.2, 0) is 13.1 Å². The van der Waals surface area contributed by atoms with Crippen molar-refractivity contribution in [2.45, 2.75) is 39.8 Å². The summed E-state index contributed by atoms with van der Waals surface area (Å²) in [5, 5.41) is 10.6. The topological polar surface area (TPSA) is 71.7 Å². The summed E-state index contributed by atoms with van der Waals surface area (Å²) in [7, 11) is 1.66. The smallest absolute Gasteiger partial charge is 0.191 e. The van der Waals surface area contributed by atoms with E-state index in [2.05, 4.69) is 50.6 Å². The Kier molecular flexibility index (Phi) is 10.0. The normalized spacial score (nSPS) is 11.2. The molecule has 0 fully saturated rings. The van der Waals surface area contributed by atoms with Crippen LogP contribution >= 0.6 is 39.9 Å². The van der Waals surface area contributed by atoms with Gasteiger partial charge in [0.05, 0.1) is 25.9 Å². The molecule has 0 spiro atoms. The van der Waals surface area contributed by atoms with Gasteiger partial charge in [-0.15, -0.1) is 24.0 Å². The molecule has 0 saturated heterocycles. The third-order valence-corrected chi connectivity index (χ3v) is 4.09. The van der Waals surface area contributed by atoms with Crippen molar-refractivity contribution in [3.05, 3.63) is 45.8 Å². The second-order valence-corrected chi connectivity index (χ2v) is 6.79. The zero-order chi connectivity index (χ0) is 18.2. The van der Waals surface area contributed by atoms with E-state index in [0.717, 1.165) is 33.8 Å². The lowest BCUT2D eigenvalue weighted by atomic mass is 10.1. The van der Waals surface area contributed by atoms with Crippen molar-refractivity contribution in [2.24, 2.45) is 4.99 Å². The van der Waals surface area contributed by atoms with Crippen LogP contribution in [0.4, 0.5) is 0 Å². The number of guanidine groups is 1. The minimum absolute atomic E-state index is 0. The molecular formula is C18H26BrIN4O2. The maximum Gasteiger partial charge on any atom is 0.191 e. The van der Waals surface area contributed by atoms with Gasteiger partial charge in [0.1, 0.15) is 5.75 Å². The van der Waals surface area contributed by atoms with Crippen molar-refractivity contribution >= 4 is 45.9 Å². The maximum atomic E-state index is 5.39. The van der Waals surface area contributed by atoms with Crippen LogP contribution < -0.4 is 15.4 Å². The summed E-state index contributed by atoms with van der Waals surface area (Å²) in [5.41, 5.74) is 1.97. The number of benzene rings is 1. The molecule has 1 heterocycles. The average molecular weight is 537 g/mol. The molecule has 0 aliphatic rings. The molecule has 0 amide bonds. The molecule has 1 aromatic carbocycles. The summed E-state index contributed by atoms with van der Waals surface area (Å²) >= 11 is 3.48. The minimum Gasteiger partial charge on any atom is -0.496 e.